The number of halogens is 1. The van der Waals surface area contributed by atoms with Crippen molar-refractivity contribution in [3.63, 3.8) is 0 Å². The van der Waals surface area contributed by atoms with E-state index in [-0.39, 0.29) is 11.9 Å². The smallest absolute Gasteiger partial charge is 0.191 e. The van der Waals surface area contributed by atoms with Crippen LogP contribution in [0, 0.1) is 11.7 Å². The van der Waals surface area contributed by atoms with Crippen LogP contribution in [-0.4, -0.2) is 81.3 Å². The summed E-state index contributed by atoms with van der Waals surface area (Å²) in [5.74, 6) is 1.60. The summed E-state index contributed by atoms with van der Waals surface area (Å²) in [6.45, 7) is 12.5. The molecule has 1 heterocycles. The van der Waals surface area contributed by atoms with E-state index in [2.05, 4.69) is 53.2 Å². The molecular formula is C22H38FN5O. The lowest BCUT2D eigenvalue weighted by molar-refractivity contribution is 0.0899. The average molecular weight is 408 g/mol. The molecule has 2 rings (SSSR count). The Kier molecular flexibility index (Phi) is 9.67. The fourth-order valence-corrected chi connectivity index (χ4v) is 3.57. The van der Waals surface area contributed by atoms with Gasteiger partial charge in [-0.2, -0.15) is 0 Å². The first kappa shape index (κ1) is 23.4. The van der Waals surface area contributed by atoms with Crippen molar-refractivity contribution in [3.8, 4) is 5.75 Å². The van der Waals surface area contributed by atoms with Gasteiger partial charge in [-0.3, -0.25) is 9.89 Å². The van der Waals surface area contributed by atoms with Crippen LogP contribution in [0.2, 0.25) is 0 Å². The molecular weight excluding hydrogens is 369 g/mol. The predicted octanol–water partition coefficient (Wildman–Crippen LogP) is 2.42. The summed E-state index contributed by atoms with van der Waals surface area (Å²) >= 11 is 0. The Balaban J connectivity index is 1.83. The van der Waals surface area contributed by atoms with Gasteiger partial charge in [0, 0.05) is 51.9 Å². The molecule has 29 heavy (non-hydrogen) atoms. The van der Waals surface area contributed by atoms with Crippen LogP contribution >= 0.6 is 0 Å². The summed E-state index contributed by atoms with van der Waals surface area (Å²) in [5, 5.41) is 6.83. The van der Waals surface area contributed by atoms with Crippen molar-refractivity contribution in [2.24, 2.45) is 10.9 Å². The first-order valence-electron chi connectivity index (χ1n) is 10.7. The highest BCUT2D eigenvalue weighted by Gasteiger charge is 2.25. The summed E-state index contributed by atoms with van der Waals surface area (Å²) in [6.07, 6.45) is 0.755. The van der Waals surface area contributed by atoms with Crippen LogP contribution in [-0.2, 0) is 0 Å². The van der Waals surface area contributed by atoms with E-state index in [1.807, 2.05) is 0 Å². The maximum Gasteiger partial charge on any atom is 0.191 e. The first-order chi connectivity index (χ1) is 13.9. The number of nitrogens with zero attached hydrogens (tertiary/aromatic N) is 3. The normalized spacial score (nSPS) is 18.5. The van der Waals surface area contributed by atoms with E-state index in [0.29, 0.717) is 24.3 Å². The van der Waals surface area contributed by atoms with Gasteiger partial charge >= 0.3 is 0 Å². The number of piperazine rings is 1. The molecule has 0 radical (unpaired) electrons. The molecule has 2 unspecified atom stereocenters. The predicted molar refractivity (Wildman–Crippen MR) is 118 cm³/mol. The lowest BCUT2D eigenvalue weighted by Gasteiger charge is -2.40. The van der Waals surface area contributed by atoms with E-state index in [1.54, 1.807) is 19.2 Å². The number of hydrogen-bond acceptors (Lipinski definition) is 4. The standard InChI is InChI=1S/C22H38FN5O/c1-6-19(29-20-9-7-8-18(23)14-20)15-25-22(24-4)26-16-21(17(2)3)28-12-10-27(5)11-13-28/h7-9,14,17,19,21H,6,10-13,15-16H2,1-5H3,(H2,24,25,26). The highest BCUT2D eigenvalue weighted by atomic mass is 19.1. The average Bonchev–Trinajstić information content (AvgIpc) is 2.70. The van der Waals surface area contributed by atoms with Gasteiger partial charge in [0.25, 0.3) is 0 Å². The highest BCUT2D eigenvalue weighted by molar-refractivity contribution is 5.79. The van der Waals surface area contributed by atoms with Gasteiger partial charge in [-0.05, 0) is 31.5 Å². The van der Waals surface area contributed by atoms with Gasteiger partial charge in [0.15, 0.2) is 5.96 Å². The largest absolute Gasteiger partial charge is 0.489 e. The molecule has 0 aromatic heterocycles. The van der Waals surface area contributed by atoms with E-state index >= 15 is 0 Å². The van der Waals surface area contributed by atoms with Crippen molar-refractivity contribution in [3.05, 3.63) is 30.1 Å². The first-order valence-corrected chi connectivity index (χ1v) is 10.7. The zero-order chi connectivity index (χ0) is 21.2. The molecule has 164 valence electrons. The van der Waals surface area contributed by atoms with Crippen molar-refractivity contribution in [1.29, 1.82) is 0 Å². The maximum atomic E-state index is 13.4. The fraction of sp³-hybridized carbons (Fsp3) is 0.682. The summed E-state index contributed by atoms with van der Waals surface area (Å²) in [7, 11) is 3.96. The summed E-state index contributed by atoms with van der Waals surface area (Å²) in [6, 6.07) is 6.74. The maximum absolute atomic E-state index is 13.4. The van der Waals surface area contributed by atoms with Crippen molar-refractivity contribution in [1.82, 2.24) is 20.4 Å². The van der Waals surface area contributed by atoms with Crippen LogP contribution in [0.3, 0.4) is 0 Å². The highest BCUT2D eigenvalue weighted by Crippen LogP contribution is 2.15. The van der Waals surface area contributed by atoms with Crippen molar-refractivity contribution in [2.45, 2.75) is 39.3 Å². The van der Waals surface area contributed by atoms with Crippen LogP contribution in [0.5, 0.6) is 5.75 Å². The van der Waals surface area contributed by atoms with Crippen molar-refractivity contribution in [2.75, 3.05) is 53.4 Å². The Morgan fingerprint density at radius 1 is 1.17 bits per heavy atom. The lowest BCUT2D eigenvalue weighted by Crippen LogP contribution is -2.55. The summed E-state index contributed by atoms with van der Waals surface area (Å²) < 4.78 is 19.3. The lowest BCUT2D eigenvalue weighted by atomic mass is 10.0. The minimum Gasteiger partial charge on any atom is -0.489 e. The molecule has 2 atom stereocenters. The summed E-state index contributed by atoms with van der Waals surface area (Å²) in [4.78, 5) is 9.31. The van der Waals surface area contributed by atoms with Gasteiger partial charge in [0.05, 0.1) is 6.54 Å². The molecule has 1 fully saturated rings. The van der Waals surface area contributed by atoms with E-state index in [9.17, 15) is 4.39 Å². The molecule has 0 aliphatic carbocycles. The topological polar surface area (TPSA) is 52.1 Å². The molecule has 0 spiro atoms. The molecule has 2 N–H and O–H groups in total. The number of ether oxygens (including phenoxy) is 1. The quantitative estimate of drug-likeness (QED) is 0.486. The molecule has 0 saturated carbocycles. The second-order valence-corrected chi connectivity index (χ2v) is 8.09. The number of hydrogen-bond donors (Lipinski definition) is 2. The second kappa shape index (κ2) is 12.0. The molecule has 6 nitrogen and oxygen atoms in total. The Morgan fingerprint density at radius 2 is 1.86 bits per heavy atom. The Morgan fingerprint density at radius 3 is 2.45 bits per heavy atom. The van der Waals surface area contributed by atoms with Crippen LogP contribution < -0.4 is 15.4 Å². The number of guanidine groups is 1. The molecule has 0 amide bonds. The fourth-order valence-electron chi connectivity index (χ4n) is 3.57. The van der Waals surface area contributed by atoms with E-state index in [0.717, 1.165) is 45.1 Å². The number of nitrogens with one attached hydrogen (secondary N) is 2. The molecule has 1 aliphatic rings. The van der Waals surface area contributed by atoms with E-state index in [1.165, 1.54) is 12.1 Å². The molecule has 1 aliphatic heterocycles. The van der Waals surface area contributed by atoms with Gasteiger partial charge in [-0.25, -0.2) is 4.39 Å². The zero-order valence-corrected chi connectivity index (χ0v) is 18.6. The van der Waals surface area contributed by atoms with Crippen LogP contribution in [0.4, 0.5) is 4.39 Å². The number of benzene rings is 1. The zero-order valence-electron chi connectivity index (χ0n) is 18.6. The number of rotatable bonds is 9. The number of likely N-dealkylation sites (N-methyl/N-ethyl adjacent to an activating group) is 1. The third-order valence-corrected chi connectivity index (χ3v) is 5.53. The van der Waals surface area contributed by atoms with Gasteiger partial charge in [-0.15, -0.1) is 0 Å². The Hall–Kier alpha value is -1.86. The van der Waals surface area contributed by atoms with E-state index in [4.69, 9.17) is 4.74 Å². The van der Waals surface area contributed by atoms with Crippen LogP contribution in [0.15, 0.2) is 29.3 Å². The minimum absolute atomic E-state index is 0.0612. The molecule has 0 bridgehead atoms. The molecule has 1 saturated heterocycles. The summed E-state index contributed by atoms with van der Waals surface area (Å²) in [5.41, 5.74) is 0. The van der Waals surface area contributed by atoms with E-state index < -0.39 is 0 Å². The molecule has 1 aromatic carbocycles. The minimum atomic E-state index is -0.286. The Labute approximate surface area is 175 Å². The number of aliphatic imine (C=N–C) groups is 1. The Bertz CT molecular complexity index is 631. The molecule has 7 heteroatoms. The molecule has 1 aromatic rings. The monoisotopic (exact) mass is 407 g/mol. The van der Waals surface area contributed by atoms with Gasteiger partial charge in [0.2, 0.25) is 0 Å². The van der Waals surface area contributed by atoms with Gasteiger partial charge in [-0.1, -0.05) is 26.8 Å². The van der Waals surface area contributed by atoms with Gasteiger partial charge in [0.1, 0.15) is 17.7 Å². The SMILES string of the molecule is CCC(CNC(=NC)NCC(C(C)C)N1CCN(C)CC1)Oc1cccc(F)c1. The van der Waals surface area contributed by atoms with Crippen molar-refractivity contribution < 1.29 is 9.13 Å². The third-order valence-electron chi connectivity index (χ3n) is 5.53. The van der Waals surface area contributed by atoms with Crippen LogP contribution in [0.25, 0.3) is 0 Å². The van der Waals surface area contributed by atoms with Crippen LogP contribution in [0.1, 0.15) is 27.2 Å². The van der Waals surface area contributed by atoms with Crippen molar-refractivity contribution >= 4 is 5.96 Å². The van der Waals surface area contributed by atoms with Gasteiger partial charge < -0.3 is 20.3 Å². The third kappa shape index (κ3) is 7.82. The second-order valence-electron chi connectivity index (χ2n) is 8.09.